The van der Waals surface area contributed by atoms with Gasteiger partial charge in [0.2, 0.25) is 5.91 Å². The number of hydrogen-bond acceptors (Lipinski definition) is 4. The van der Waals surface area contributed by atoms with Crippen LogP contribution in [0.3, 0.4) is 0 Å². The second kappa shape index (κ2) is 9.04. The summed E-state index contributed by atoms with van der Waals surface area (Å²) in [5.41, 5.74) is 3.42. The molecule has 0 fully saturated rings. The molecule has 6 nitrogen and oxygen atoms in total. The normalized spacial score (nSPS) is 13.0. The summed E-state index contributed by atoms with van der Waals surface area (Å²) < 4.78 is 33.9. The Balaban J connectivity index is 1.64. The van der Waals surface area contributed by atoms with Crippen LogP contribution in [0, 0.1) is 6.92 Å². The Morgan fingerprint density at radius 2 is 1.69 bits per heavy atom. The van der Waals surface area contributed by atoms with E-state index < -0.39 is 10.0 Å². The van der Waals surface area contributed by atoms with Crippen molar-refractivity contribution in [3.8, 4) is 5.75 Å². The van der Waals surface area contributed by atoms with Gasteiger partial charge in [0, 0.05) is 25.2 Å². The molecule has 0 spiro atoms. The number of hydrogen-bond donors (Lipinski definition) is 0. The maximum atomic E-state index is 13.6. The van der Waals surface area contributed by atoms with E-state index in [0.717, 1.165) is 23.2 Å². The third-order valence-electron chi connectivity index (χ3n) is 5.68. The molecule has 0 atom stereocenters. The number of fused-ring (bicyclic) bond motifs is 1. The van der Waals surface area contributed by atoms with Gasteiger partial charge in [0.25, 0.3) is 10.0 Å². The van der Waals surface area contributed by atoms with Gasteiger partial charge < -0.3 is 9.64 Å². The molecule has 0 aliphatic carbocycles. The second-order valence-corrected chi connectivity index (χ2v) is 9.60. The summed E-state index contributed by atoms with van der Waals surface area (Å²) in [6.07, 6.45) is 0.858. The number of sulfonamides is 1. The Morgan fingerprint density at radius 1 is 1.00 bits per heavy atom. The molecule has 166 valence electrons. The highest BCUT2D eigenvalue weighted by atomic mass is 32.2. The fraction of sp³-hybridized carbons (Fsp3) is 0.240. The van der Waals surface area contributed by atoms with Gasteiger partial charge in [-0.1, -0.05) is 48.0 Å². The molecule has 3 aromatic carbocycles. The van der Waals surface area contributed by atoms with Crippen molar-refractivity contribution in [2.45, 2.75) is 24.7 Å². The number of carbonyl (C=O) groups excluding carboxylic acids is 1. The molecule has 1 aliphatic rings. The van der Waals surface area contributed by atoms with Crippen molar-refractivity contribution in [1.82, 2.24) is 0 Å². The summed E-state index contributed by atoms with van der Waals surface area (Å²) in [6, 6.07) is 21.5. The van der Waals surface area contributed by atoms with Crippen LogP contribution in [0.2, 0.25) is 0 Å². The van der Waals surface area contributed by atoms with Crippen LogP contribution in [0.1, 0.15) is 17.5 Å². The molecule has 0 saturated heterocycles. The quantitative estimate of drug-likeness (QED) is 0.542. The highest BCUT2D eigenvalue weighted by Gasteiger charge is 2.30. The first-order chi connectivity index (χ1) is 15.4. The summed E-state index contributed by atoms with van der Waals surface area (Å²) >= 11 is 0. The third kappa shape index (κ3) is 4.21. The number of benzene rings is 3. The zero-order chi connectivity index (χ0) is 22.7. The lowest BCUT2D eigenvalue weighted by Crippen LogP contribution is -2.37. The summed E-state index contributed by atoms with van der Waals surface area (Å²) in [4.78, 5) is 15.0. The van der Waals surface area contributed by atoms with Crippen LogP contribution in [0.5, 0.6) is 5.75 Å². The lowest BCUT2D eigenvalue weighted by Gasteiger charge is -2.27. The van der Waals surface area contributed by atoms with E-state index in [9.17, 15) is 13.2 Å². The highest BCUT2D eigenvalue weighted by Crippen LogP contribution is 2.33. The summed E-state index contributed by atoms with van der Waals surface area (Å²) in [5, 5.41) is 0. The number of para-hydroxylation sites is 3. The zero-order valence-corrected chi connectivity index (χ0v) is 19.0. The number of carbonyl (C=O) groups is 1. The second-order valence-electron chi connectivity index (χ2n) is 7.74. The number of amides is 1. The van der Waals surface area contributed by atoms with Crippen molar-refractivity contribution in [3.63, 3.8) is 0 Å². The molecule has 0 N–H and O–H groups in total. The molecule has 0 saturated carbocycles. The van der Waals surface area contributed by atoms with Gasteiger partial charge in [0.1, 0.15) is 5.75 Å². The van der Waals surface area contributed by atoms with Gasteiger partial charge in [-0.25, -0.2) is 8.42 Å². The molecule has 1 aliphatic heterocycles. The van der Waals surface area contributed by atoms with Crippen molar-refractivity contribution >= 4 is 27.3 Å². The summed E-state index contributed by atoms with van der Waals surface area (Å²) in [5.74, 6) is 0.330. The van der Waals surface area contributed by atoms with Crippen LogP contribution in [-0.2, 0) is 21.2 Å². The van der Waals surface area contributed by atoms with E-state index in [4.69, 9.17) is 4.74 Å². The Kier molecular flexibility index (Phi) is 6.19. The zero-order valence-electron chi connectivity index (χ0n) is 18.2. The first-order valence-electron chi connectivity index (χ1n) is 10.5. The van der Waals surface area contributed by atoms with Crippen LogP contribution in [-0.4, -0.2) is 34.5 Å². The lowest BCUT2D eigenvalue weighted by atomic mass is 10.2. The predicted octanol–water partition coefficient (Wildman–Crippen LogP) is 4.18. The maximum Gasteiger partial charge on any atom is 0.264 e. The molecule has 0 radical (unpaired) electrons. The first kappa shape index (κ1) is 21.9. The molecular formula is C25H26N2O4S. The van der Waals surface area contributed by atoms with E-state index in [2.05, 4.69) is 0 Å². The molecule has 0 aromatic heterocycles. The molecule has 1 amide bonds. The molecule has 3 aromatic rings. The smallest absolute Gasteiger partial charge is 0.264 e. The van der Waals surface area contributed by atoms with E-state index in [1.54, 1.807) is 53.4 Å². The van der Waals surface area contributed by atoms with Crippen molar-refractivity contribution in [2.75, 3.05) is 29.4 Å². The van der Waals surface area contributed by atoms with Crippen LogP contribution >= 0.6 is 0 Å². The van der Waals surface area contributed by atoms with Crippen molar-refractivity contribution in [1.29, 1.82) is 0 Å². The largest absolute Gasteiger partial charge is 0.495 e. The van der Waals surface area contributed by atoms with E-state index in [-0.39, 0.29) is 23.8 Å². The predicted molar refractivity (Wildman–Crippen MR) is 126 cm³/mol. The number of methoxy groups -OCH3 is 1. The van der Waals surface area contributed by atoms with Gasteiger partial charge in [-0.15, -0.1) is 0 Å². The molecule has 7 heteroatoms. The fourth-order valence-corrected chi connectivity index (χ4v) is 5.45. The van der Waals surface area contributed by atoms with Crippen molar-refractivity contribution < 1.29 is 17.9 Å². The first-order valence-corrected chi connectivity index (χ1v) is 12.0. The average molecular weight is 451 g/mol. The van der Waals surface area contributed by atoms with E-state index in [0.29, 0.717) is 18.0 Å². The van der Waals surface area contributed by atoms with Gasteiger partial charge in [0.15, 0.2) is 0 Å². The SMILES string of the molecule is COc1ccccc1N(CCC(=O)N1CCc2ccccc21)S(=O)(=O)c1ccc(C)cc1. The summed E-state index contributed by atoms with van der Waals surface area (Å²) in [6.45, 7) is 2.52. The Labute approximate surface area is 189 Å². The molecular weight excluding hydrogens is 424 g/mol. The number of ether oxygens (including phenoxy) is 1. The van der Waals surface area contributed by atoms with Crippen molar-refractivity contribution in [3.05, 3.63) is 83.9 Å². The summed E-state index contributed by atoms with van der Waals surface area (Å²) in [7, 11) is -2.40. The van der Waals surface area contributed by atoms with Crippen LogP contribution in [0.15, 0.2) is 77.7 Å². The Hall–Kier alpha value is -3.32. The van der Waals surface area contributed by atoms with Crippen LogP contribution < -0.4 is 13.9 Å². The van der Waals surface area contributed by atoms with Crippen molar-refractivity contribution in [2.24, 2.45) is 0 Å². The van der Waals surface area contributed by atoms with Gasteiger partial charge in [-0.2, -0.15) is 0 Å². The maximum absolute atomic E-state index is 13.6. The van der Waals surface area contributed by atoms with E-state index in [1.165, 1.54) is 11.4 Å². The van der Waals surface area contributed by atoms with Crippen LogP contribution in [0.4, 0.5) is 11.4 Å². The average Bonchev–Trinajstić information content (AvgIpc) is 3.24. The number of aryl methyl sites for hydroxylation is 1. The topological polar surface area (TPSA) is 66.9 Å². The van der Waals surface area contributed by atoms with Gasteiger partial charge in [0.05, 0.1) is 17.7 Å². The molecule has 1 heterocycles. The van der Waals surface area contributed by atoms with E-state index in [1.807, 2.05) is 31.2 Å². The standard InChI is InChI=1S/C25H26N2O4S/c1-19-11-13-21(14-12-19)32(29,30)27(23-9-5-6-10-24(23)31-2)18-16-25(28)26-17-15-20-7-3-4-8-22(20)26/h3-14H,15-18H2,1-2H3. The lowest BCUT2D eigenvalue weighted by molar-refractivity contribution is -0.118. The highest BCUT2D eigenvalue weighted by molar-refractivity contribution is 7.92. The van der Waals surface area contributed by atoms with Gasteiger partial charge in [-0.3, -0.25) is 9.10 Å². The van der Waals surface area contributed by atoms with E-state index >= 15 is 0 Å². The minimum absolute atomic E-state index is 0.00802. The minimum atomic E-state index is -3.90. The van der Waals surface area contributed by atoms with Crippen LogP contribution in [0.25, 0.3) is 0 Å². The van der Waals surface area contributed by atoms with Gasteiger partial charge in [-0.05, 0) is 49.2 Å². The molecule has 0 unspecified atom stereocenters. The third-order valence-corrected chi connectivity index (χ3v) is 7.51. The Morgan fingerprint density at radius 3 is 2.44 bits per heavy atom. The van der Waals surface area contributed by atoms with Gasteiger partial charge >= 0.3 is 0 Å². The molecule has 32 heavy (non-hydrogen) atoms. The monoisotopic (exact) mass is 450 g/mol. The molecule has 4 rings (SSSR count). The Bertz CT molecular complexity index is 1220. The number of rotatable bonds is 7. The minimum Gasteiger partial charge on any atom is -0.495 e. The number of anilines is 2. The molecule has 0 bridgehead atoms. The fourth-order valence-electron chi connectivity index (χ4n) is 3.97. The number of nitrogens with zero attached hydrogens (tertiary/aromatic N) is 2.